The normalized spacial score (nSPS) is 21.4. The van der Waals surface area contributed by atoms with Crippen LogP contribution in [0.1, 0.15) is 24.8 Å². The fourth-order valence-corrected chi connectivity index (χ4v) is 3.26. The van der Waals surface area contributed by atoms with Crippen molar-refractivity contribution in [3.05, 3.63) is 39.2 Å². The number of likely N-dealkylation sites (tertiary alicyclic amines) is 1. The first kappa shape index (κ1) is 13.2. The third-order valence-electron chi connectivity index (χ3n) is 3.38. The van der Waals surface area contributed by atoms with Gasteiger partial charge >= 0.3 is 0 Å². The second-order valence-corrected chi connectivity index (χ2v) is 5.83. The third-order valence-corrected chi connectivity index (χ3v) is 4.42. The summed E-state index contributed by atoms with van der Waals surface area (Å²) >= 11 is 1.36. The average Bonchev–Trinajstić information content (AvgIpc) is 2.84. The topological polar surface area (TPSA) is 65.5 Å². The molecule has 0 saturated carbocycles. The molecule has 0 aliphatic carbocycles. The van der Waals surface area contributed by atoms with Crippen molar-refractivity contribution in [2.24, 2.45) is 4.99 Å². The highest BCUT2D eigenvalue weighted by Crippen LogP contribution is 2.30. The lowest BCUT2D eigenvalue weighted by atomic mass is 10.1. The predicted molar refractivity (Wildman–Crippen MR) is 80.5 cm³/mol. The number of carbonyl (C=O) groups is 1. The van der Waals surface area contributed by atoms with Gasteiger partial charge in [-0.2, -0.15) is 4.99 Å². The minimum absolute atomic E-state index is 0.101. The van der Waals surface area contributed by atoms with E-state index in [2.05, 4.69) is 14.9 Å². The fraction of sp³-hybridized carbons (Fsp3) is 0.357. The molecule has 3 heterocycles. The van der Waals surface area contributed by atoms with Gasteiger partial charge in [-0.05, 0) is 37.1 Å². The number of aliphatic imine (C=N–C) groups is 1. The summed E-state index contributed by atoms with van der Waals surface area (Å²) in [5.74, 6) is -0.251. The summed E-state index contributed by atoms with van der Waals surface area (Å²) < 4.78 is 0. The zero-order valence-corrected chi connectivity index (χ0v) is 11.8. The van der Waals surface area contributed by atoms with E-state index in [1.807, 2.05) is 0 Å². The van der Waals surface area contributed by atoms with Crippen LogP contribution in [0.25, 0.3) is 6.08 Å². The van der Waals surface area contributed by atoms with Crippen LogP contribution < -0.4 is 5.43 Å². The zero-order valence-electron chi connectivity index (χ0n) is 11.0. The number of aromatic nitrogens is 1. The highest BCUT2D eigenvalue weighted by molar-refractivity contribution is 8.18. The van der Waals surface area contributed by atoms with E-state index in [1.54, 1.807) is 18.5 Å². The van der Waals surface area contributed by atoms with Gasteiger partial charge in [0.15, 0.2) is 10.6 Å². The van der Waals surface area contributed by atoms with Crippen molar-refractivity contribution in [2.45, 2.75) is 19.3 Å². The fourth-order valence-electron chi connectivity index (χ4n) is 2.30. The number of amides is 1. The Morgan fingerprint density at radius 2 is 2.05 bits per heavy atom. The molecule has 0 bridgehead atoms. The molecular formula is C14H15N3O2S. The molecule has 0 radical (unpaired) electrons. The minimum atomic E-state index is -0.251. The maximum Gasteiger partial charge on any atom is 0.286 e. The van der Waals surface area contributed by atoms with Gasteiger partial charge in [-0.15, -0.1) is 0 Å². The molecule has 0 unspecified atom stereocenters. The molecule has 0 spiro atoms. The molecule has 2 aliphatic heterocycles. The van der Waals surface area contributed by atoms with Crippen molar-refractivity contribution in [3.8, 4) is 0 Å². The van der Waals surface area contributed by atoms with Gasteiger partial charge in [0.1, 0.15) is 0 Å². The largest absolute Gasteiger partial charge is 0.367 e. The van der Waals surface area contributed by atoms with E-state index in [-0.39, 0.29) is 11.3 Å². The summed E-state index contributed by atoms with van der Waals surface area (Å²) in [6.45, 7) is 1.91. The van der Waals surface area contributed by atoms with Gasteiger partial charge < -0.3 is 9.88 Å². The summed E-state index contributed by atoms with van der Waals surface area (Å²) in [5.41, 5.74) is 0.384. The molecule has 3 rings (SSSR count). The number of piperidine rings is 1. The molecule has 0 atom stereocenters. The van der Waals surface area contributed by atoms with E-state index in [0.717, 1.165) is 31.1 Å². The lowest BCUT2D eigenvalue weighted by molar-refractivity contribution is -0.113. The number of nitrogens with one attached hydrogen (secondary N) is 1. The van der Waals surface area contributed by atoms with Gasteiger partial charge in [-0.25, -0.2) is 0 Å². The van der Waals surface area contributed by atoms with Crippen molar-refractivity contribution < 1.29 is 4.79 Å². The zero-order chi connectivity index (χ0) is 13.9. The van der Waals surface area contributed by atoms with Gasteiger partial charge in [0, 0.05) is 37.1 Å². The van der Waals surface area contributed by atoms with E-state index >= 15 is 0 Å². The SMILES string of the molecule is O=C1N=C(N2CCCCC2)SC1=Cc1c[nH]ccc1=O. The summed E-state index contributed by atoms with van der Waals surface area (Å²) in [6, 6.07) is 1.45. The van der Waals surface area contributed by atoms with Gasteiger partial charge in [0.25, 0.3) is 5.91 Å². The Labute approximate surface area is 120 Å². The minimum Gasteiger partial charge on any atom is -0.367 e. The van der Waals surface area contributed by atoms with Crippen LogP contribution in [0.5, 0.6) is 0 Å². The quantitative estimate of drug-likeness (QED) is 0.801. The van der Waals surface area contributed by atoms with E-state index in [1.165, 1.54) is 24.2 Å². The van der Waals surface area contributed by atoms with Gasteiger partial charge in [0.05, 0.1) is 4.91 Å². The second-order valence-electron chi connectivity index (χ2n) is 4.82. The Bertz CT molecular complexity index is 642. The van der Waals surface area contributed by atoms with Crippen molar-refractivity contribution in [1.82, 2.24) is 9.88 Å². The molecular weight excluding hydrogens is 274 g/mol. The van der Waals surface area contributed by atoms with Crippen molar-refractivity contribution in [1.29, 1.82) is 0 Å². The van der Waals surface area contributed by atoms with Gasteiger partial charge in [-0.1, -0.05) is 0 Å². The maximum absolute atomic E-state index is 11.9. The first-order valence-electron chi connectivity index (χ1n) is 6.69. The number of carbonyl (C=O) groups excluding carboxylic acids is 1. The molecule has 1 fully saturated rings. The van der Waals surface area contributed by atoms with Crippen molar-refractivity contribution in [3.63, 3.8) is 0 Å². The van der Waals surface area contributed by atoms with E-state index in [4.69, 9.17) is 0 Å². The molecule has 104 valence electrons. The molecule has 1 N–H and O–H groups in total. The number of thioether (sulfide) groups is 1. The predicted octanol–water partition coefficient (Wildman–Crippen LogP) is 1.83. The Hall–Kier alpha value is -1.82. The van der Waals surface area contributed by atoms with Crippen LogP contribution in [-0.4, -0.2) is 34.0 Å². The number of nitrogens with zero attached hydrogens (tertiary/aromatic N) is 2. The van der Waals surface area contributed by atoms with Crippen LogP contribution in [0.4, 0.5) is 0 Å². The molecule has 5 nitrogen and oxygen atoms in total. The molecule has 6 heteroatoms. The maximum atomic E-state index is 11.9. The van der Waals surface area contributed by atoms with Crippen LogP contribution in [0.3, 0.4) is 0 Å². The summed E-state index contributed by atoms with van der Waals surface area (Å²) in [4.78, 5) is 33.2. The van der Waals surface area contributed by atoms with E-state index < -0.39 is 0 Å². The first-order chi connectivity index (χ1) is 9.74. The first-order valence-corrected chi connectivity index (χ1v) is 7.50. The van der Waals surface area contributed by atoms with Crippen LogP contribution in [0, 0.1) is 0 Å². The van der Waals surface area contributed by atoms with Crippen LogP contribution in [0.2, 0.25) is 0 Å². The smallest absolute Gasteiger partial charge is 0.286 e. The van der Waals surface area contributed by atoms with Crippen molar-refractivity contribution >= 4 is 28.9 Å². The summed E-state index contributed by atoms with van der Waals surface area (Å²) in [7, 11) is 0. The van der Waals surface area contributed by atoms with Gasteiger partial charge in [0.2, 0.25) is 0 Å². The Kier molecular flexibility index (Phi) is 3.73. The highest BCUT2D eigenvalue weighted by atomic mass is 32.2. The molecule has 20 heavy (non-hydrogen) atoms. The Morgan fingerprint density at radius 1 is 1.25 bits per heavy atom. The lowest BCUT2D eigenvalue weighted by Crippen LogP contribution is -2.33. The monoisotopic (exact) mass is 289 g/mol. The highest BCUT2D eigenvalue weighted by Gasteiger charge is 2.26. The summed E-state index contributed by atoms with van der Waals surface area (Å²) in [5, 5.41) is 0.772. The number of aromatic amines is 1. The van der Waals surface area contributed by atoms with Crippen molar-refractivity contribution in [2.75, 3.05) is 13.1 Å². The number of H-pyrrole nitrogens is 1. The molecule has 1 saturated heterocycles. The van der Waals surface area contributed by atoms with Gasteiger partial charge in [-0.3, -0.25) is 9.59 Å². The summed E-state index contributed by atoms with van der Waals surface area (Å²) in [6.07, 6.45) is 8.32. The number of amidine groups is 1. The Morgan fingerprint density at radius 3 is 2.80 bits per heavy atom. The molecule has 0 aromatic carbocycles. The molecule has 2 aliphatic rings. The number of pyridine rings is 1. The molecule has 1 amide bonds. The molecule has 1 aromatic rings. The number of hydrogen-bond acceptors (Lipinski definition) is 4. The van der Waals surface area contributed by atoms with Crippen LogP contribution >= 0.6 is 11.8 Å². The average molecular weight is 289 g/mol. The third kappa shape index (κ3) is 2.70. The van der Waals surface area contributed by atoms with E-state index in [9.17, 15) is 9.59 Å². The van der Waals surface area contributed by atoms with Crippen LogP contribution in [-0.2, 0) is 4.79 Å². The number of hydrogen-bond donors (Lipinski definition) is 1. The molecule has 1 aromatic heterocycles. The Balaban J connectivity index is 1.80. The second kappa shape index (κ2) is 5.66. The number of rotatable bonds is 1. The standard InChI is InChI=1S/C14H15N3O2S/c18-11-4-5-15-9-10(11)8-12-13(19)16-14(20-12)17-6-2-1-3-7-17/h4-5,8-9H,1-3,6-7H2,(H,15,18). The van der Waals surface area contributed by atoms with Crippen LogP contribution in [0.15, 0.2) is 33.2 Å². The van der Waals surface area contributed by atoms with E-state index in [0.29, 0.717) is 10.5 Å². The lowest BCUT2D eigenvalue weighted by Gasteiger charge is -2.27.